The van der Waals surface area contributed by atoms with Gasteiger partial charge in [-0.1, -0.05) is 6.07 Å². The number of nitrogens with zero attached hydrogens (tertiary/aromatic N) is 1. The van der Waals surface area contributed by atoms with Crippen LogP contribution in [0.15, 0.2) is 42.6 Å². The quantitative estimate of drug-likeness (QED) is 0.627. The standard InChI is InChI=1S/C13H10INO/c1-9-2-7-12(15-8-9)13(16)10-3-5-11(14)6-4-10/h2-8H,1H3. The van der Waals surface area contributed by atoms with Gasteiger partial charge in [0.2, 0.25) is 5.78 Å². The van der Waals surface area contributed by atoms with Crippen LogP contribution in [0.1, 0.15) is 21.6 Å². The molecule has 0 atom stereocenters. The number of hydrogen-bond donors (Lipinski definition) is 0. The second kappa shape index (κ2) is 4.74. The van der Waals surface area contributed by atoms with E-state index in [-0.39, 0.29) is 5.78 Å². The number of pyridine rings is 1. The van der Waals surface area contributed by atoms with Crippen LogP contribution in [0, 0.1) is 10.5 Å². The van der Waals surface area contributed by atoms with Gasteiger partial charge in [0.05, 0.1) is 0 Å². The summed E-state index contributed by atoms with van der Waals surface area (Å²) in [5.41, 5.74) is 2.22. The zero-order chi connectivity index (χ0) is 11.5. The second-order valence-corrected chi connectivity index (χ2v) is 4.80. The fraction of sp³-hybridized carbons (Fsp3) is 0.0769. The van der Waals surface area contributed by atoms with Crippen molar-refractivity contribution in [2.45, 2.75) is 6.92 Å². The minimum atomic E-state index is -0.0311. The van der Waals surface area contributed by atoms with Crippen LogP contribution in [-0.4, -0.2) is 10.8 Å². The van der Waals surface area contributed by atoms with Gasteiger partial charge in [0, 0.05) is 15.3 Å². The van der Waals surface area contributed by atoms with E-state index >= 15 is 0 Å². The van der Waals surface area contributed by atoms with E-state index in [0.29, 0.717) is 11.3 Å². The first-order valence-corrected chi connectivity index (χ1v) is 5.97. The minimum absolute atomic E-state index is 0.0311. The Labute approximate surface area is 108 Å². The van der Waals surface area contributed by atoms with Crippen LogP contribution < -0.4 is 0 Å². The van der Waals surface area contributed by atoms with Gasteiger partial charge < -0.3 is 0 Å². The molecule has 0 aliphatic carbocycles. The monoisotopic (exact) mass is 323 g/mol. The van der Waals surface area contributed by atoms with Crippen molar-refractivity contribution in [3.63, 3.8) is 0 Å². The van der Waals surface area contributed by atoms with Crippen LogP contribution in [-0.2, 0) is 0 Å². The Morgan fingerprint density at radius 2 is 1.81 bits per heavy atom. The van der Waals surface area contributed by atoms with E-state index < -0.39 is 0 Å². The summed E-state index contributed by atoms with van der Waals surface area (Å²) in [7, 11) is 0. The number of ketones is 1. The number of carbonyl (C=O) groups is 1. The van der Waals surface area contributed by atoms with Gasteiger partial charge in [-0.2, -0.15) is 0 Å². The summed E-state index contributed by atoms with van der Waals surface area (Å²) in [6.45, 7) is 1.95. The van der Waals surface area contributed by atoms with E-state index in [4.69, 9.17) is 0 Å². The molecule has 2 aromatic rings. The normalized spacial score (nSPS) is 10.1. The first kappa shape index (κ1) is 11.3. The number of hydrogen-bond acceptors (Lipinski definition) is 2. The molecule has 0 saturated heterocycles. The second-order valence-electron chi connectivity index (χ2n) is 3.56. The Balaban J connectivity index is 2.32. The Hall–Kier alpha value is -1.23. The van der Waals surface area contributed by atoms with Gasteiger partial charge in [0.15, 0.2) is 0 Å². The van der Waals surface area contributed by atoms with Gasteiger partial charge in [-0.25, -0.2) is 0 Å². The first-order valence-electron chi connectivity index (χ1n) is 4.90. The molecule has 0 amide bonds. The van der Waals surface area contributed by atoms with E-state index in [9.17, 15) is 4.79 Å². The number of aryl methyl sites for hydroxylation is 1. The molecule has 0 saturated carbocycles. The summed E-state index contributed by atoms with van der Waals surface area (Å²) < 4.78 is 1.12. The van der Waals surface area contributed by atoms with Gasteiger partial charge >= 0.3 is 0 Å². The fourth-order valence-electron chi connectivity index (χ4n) is 1.35. The van der Waals surface area contributed by atoms with Crippen LogP contribution in [0.25, 0.3) is 0 Å². The Bertz CT molecular complexity index is 455. The lowest BCUT2D eigenvalue weighted by molar-refractivity contribution is 0.103. The minimum Gasteiger partial charge on any atom is -0.287 e. The lowest BCUT2D eigenvalue weighted by atomic mass is 10.1. The Kier molecular flexibility index (Phi) is 3.33. The number of halogens is 1. The average Bonchev–Trinajstić information content (AvgIpc) is 2.30. The van der Waals surface area contributed by atoms with E-state index in [1.165, 1.54) is 0 Å². The highest BCUT2D eigenvalue weighted by Gasteiger charge is 2.09. The predicted octanol–water partition coefficient (Wildman–Crippen LogP) is 3.23. The molecule has 0 aliphatic heterocycles. The summed E-state index contributed by atoms with van der Waals surface area (Å²) in [6.07, 6.45) is 1.71. The number of aromatic nitrogens is 1. The molecular weight excluding hydrogens is 313 g/mol. The van der Waals surface area contributed by atoms with Gasteiger partial charge in [-0.05, 0) is 65.4 Å². The molecule has 0 aliphatic rings. The van der Waals surface area contributed by atoms with Crippen LogP contribution in [0.2, 0.25) is 0 Å². The summed E-state index contributed by atoms with van der Waals surface area (Å²) in [6, 6.07) is 11.1. The van der Waals surface area contributed by atoms with Crippen molar-refractivity contribution in [3.8, 4) is 0 Å². The molecule has 16 heavy (non-hydrogen) atoms. The number of carbonyl (C=O) groups excluding carboxylic acids is 1. The predicted molar refractivity (Wildman–Crippen MR) is 71.6 cm³/mol. The van der Waals surface area contributed by atoms with E-state index in [1.807, 2.05) is 37.3 Å². The van der Waals surface area contributed by atoms with E-state index in [0.717, 1.165) is 9.13 Å². The first-order chi connectivity index (χ1) is 7.66. The molecular formula is C13H10INO. The van der Waals surface area contributed by atoms with Gasteiger partial charge in [-0.15, -0.1) is 0 Å². The molecule has 3 heteroatoms. The molecule has 0 radical (unpaired) electrons. The molecule has 1 heterocycles. The zero-order valence-corrected chi connectivity index (χ0v) is 10.9. The van der Waals surface area contributed by atoms with Gasteiger partial charge in [0.1, 0.15) is 5.69 Å². The smallest absolute Gasteiger partial charge is 0.211 e. The molecule has 0 N–H and O–H groups in total. The third-order valence-electron chi connectivity index (χ3n) is 2.25. The van der Waals surface area contributed by atoms with Gasteiger partial charge in [-0.3, -0.25) is 9.78 Å². The molecule has 0 spiro atoms. The Morgan fingerprint density at radius 1 is 1.12 bits per heavy atom. The van der Waals surface area contributed by atoms with E-state index in [1.54, 1.807) is 12.3 Å². The Morgan fingerprint density at radius 3 is 2.38 bits per heavy atom. The largest absolute Gasteiger partial charge is 0.287 e. The lowest BCUT2D eigenvalue weighted by Crippen LogP contribution is -2.03. The van der Waals surface area contributed by atoms with Crippen molar-refractivity contribution in [2.24, 2.45) is 0 Å². The molecule has 2 nitrogen and oxygen atoms in total. The SMILES string of the molecule is Cc1ccc(C(=O)c2ccc(I)cc2)nc1. The maximum Gasteiger partial charge on any atom is 0.211 e. The molecule has 0 bridgehead atoms. The molecule has 0 unspecified atom stereocenters. The molecule has 80 valence electrons. The fourth-order valence-corrected chi connectivity index (χ4v) is 1.71. The van der Waals surface area contributed by atoms with Gasteiger partial charge in [0.25, 0.3) is 0 Å². The maximum atomic E-state index is 12.0. The average molecular weight is 323 g/mol. The van der Waals surface area contributed by atoms with Crippen molar-refractivity contribution in [1.29, 1.82) is 0 Å². The highest BCUT2D eigenvalue weighted by Crippen LogP contribution is 2.11. The maximum absolute atomic E-state index is 12.0. The topological polar surface area (TPSA) is 30.0 Å². The molecule has 1 aromatic heterocycles. The van der Waals surface area contributed by atoms with Crippen LogP contribution in [0.5, 0.6) is 0 Å². The van der Waals surface area contributed by atoms with Crippen molar-refractivity contribution in [2.75, 3.05) is 0 Å². The summed E-state index contributed by atoms with van der Waals surface area (Å²) in [5, 5.41) is 0. The highest BCUT2D eigenvalue weighted by atomic mass is 127. The van der Waals surface area contributed by atoms with Crippen LogP contribution in [0.4, 0.5) is 0 Å². The molecule has 2 rings (SSSR count). The molecule has 1 aromatic carbocycles. The van der Waals surface area contributed by atoms with Crippen LogP contribution >= 0.6 is 22.6 Å². The van der Waals surface area contributed by atoms with Crippen molar-refractivity contribution < 1.29 is 4.79 Å². The van der Waals surface area contributed by atoms with Crippen molar-refractivity contribution in [3.05, 3.63) is 63.0 Å². The van der Waals surface area contributed by atoms with Crippen molar-refractivity contribution >= 4 is 28.4 Å². The summed E-state index contributed by atoms with van der Waals surface area (Å²) in [4.78, 5) is 16.1. The lowest BCUT2D eigenvalue weighted by Gasteiger charge is -2.00. The summed E-state index contributed by atoms with van der Waals surface area (Å²) >= 11 is 2.21. The van der Waals surface area contributed by atoms with Crippen LogP contribution in [0.3, 0.4) is 0 Å². The summed E-state index contributed by atoms with van der Waals surface area (Å²) in [5.74, 6) is -0.0311. The highest BCUT2D eigenvalue weighted by molar-refractivity contribution is 14.1. The van der Waals surface area contributed by atoms with E-state index in [2.05, 4.69) is 27.6 Å². The third kappa shape index (κ3) is 2.47. The number of rotatable bonds is 2. The van der Waals surface area contributed by atoms with Crippen molar-refractivity contribution in [1.82, 2.24) is 4.98 Å². The zero-order valence-electron chi connectivity index (χ0n) is 8.77. The number of benzene rings is 1. The molecule has 0 fully saturated rings. The third-order valence-corrected chi connectivity index (χ3v) is 2.97.